The number of aliphatic hydroxyl groups is 1. The van der Waals surface area contributed by atoms with Gasteiger partial charge in [0, 0.05) is 18.2 Å². The molecule has 1 atom stereocenters. The van der Waals surface area contributed by atoms with Gasteiger partial charge < -0.3 is 15.2 Å². The lowest BCUT2D eigenvalue weighted by molar-refractivity contribution is 0.0929. The molecule has 0 fully saturated rings. The van der Waals surface area contributed by atoms with Crippen molar-refractivity contribution in [1.29, 1.82) is 0 Å². The Kier molecular flexibility index (Phi) is 5.49. The molecule has 0 aliphatic heterocycles. The van der Waals surface area contributed by atoms with Gasteiger partial charge in [-0.1, -0.05) is 6.92 Å². The summed E-state index contributed by atoms with van der Waals surface area (Å²) in [6.07, 6.45) is 1.39. The van der Waals surface area contributed by atoms with Gasteiger partial charge in [-0.3, -0.25) is 4.79 Å². The van der Waals surface area contributed by atoms with Crippen LogP contribution in [0.15, 0.2) is 24.3 Å². The Balaban J connectivity index is 2.62. The first-order chi connectivity index (χ1) is 8.21. The molecule has 1 rings (SSSR count). The molecule has 1 amide bonds. The van der Waals surface area contributed by atoms with Crippen molar-refractivity contribution in [1.82, 2.24) is 5.32 Å². The Morgan fingerprint density at radius 3 is 2.53 bits per heavy atom. The highest BCUT2D eigenvalue weighted by Crippen LogP contribution is 2.11. The number of aliphatic hydroxyl groups excluding tert-OH is 1. The van der Waals surface area contributed by atoms with Gasteiger partial charge in [0.1, 0.15) is 5.75 Å². The molecule has 0 aromatic heterocycles. The molecule has 1 unspecified atom stereocenters. The van der Waals surface area contributed by atoms with Crippen LogP contribution in [0.2, 0.25) is 0 Å². The molecule has 0 spiro atoms. The number of amides is 1. The van der Waals surface area contributed by atoms with E-state index in [1.165, 1.54) is 0 Å². The van der Waals surface area contributed by atoms with Crippen molar-refractivity contribution < 1.29 is 14.6 Å². The fraction of sp³-hybridized carbons (Fsp3) is 0.462. The van der Waals surface area contributed by atoms with Gasteiger partial charge in [0.05, 0.1) is 7.11 Å². The van der Waals surface area contributed by atoms with E-state index >= 15 is 0 Å². The van der Waals surface area contributed by atoms with E-state index < -0.39 is 0 Å². The molecule has 0 saturated heterocycles. The summed E-state index contributed by atoms with van der Waals surface area (Å²) < 4.78 is 5.02. The van der Waals surface area contributed by atoms with E-state index in [1.807, 2.05) is 6.92 Å². The molecule has 0 bridgehead atoms. The second-order valence-corrected chi connectivity index (χ2v) is 3.82. The molecule has 0 saturated carbocycles. The van der Waals surface area contributed by atoms with Gasteiger partial charge in [-0.2, -0.15) is 0 Å². The monoisotopic (exact) mass is 237 g/mol. The third kappa shape index (κ3) is 4.07. The summed E-state index contributed by atoms with van der Waals surface area (Å²) in [7, 11) is 1.59. The lowest BCUT2D eigenvalue weighted by atomic mass is 10.1. The normalized spacial score (nSPS) is 11.9. The van der Waals surface area contributed by atoms with E-state index in [4.69, 9.17) is 9.84 Å². The van der Waals surface area contributed by atoms with Gasteiger partial charge in [0.2, 0.25) is 0 Å². The third-order valence-electron chi connectivity index (χ3n) is 2.66. The van der Waals surface area contributed by atoms with Gasteiger partial charge >= 0.3 is 0 Å². The van der Waals surface area contributed by atoms with E-state index in [0.717, 1.165) is 12.2 Å². The molecule has 1 aromatic carbocycles. The standard InChI is InChI=1S/C13H19NO3/c1-3-11(8-9-15)14-13(16)10-4-6-12(17-2)7-5-10/h4-7,11,15H,3,8-9H2,1-2H3,(H,14,16). The Labute approximate surface area is 102 Å². The smallest absolute Gasteiger partial charge is 0.251 e. The number of rotatable bonds is 6. The fourth-order valence-corrected chi connectivity index (χ4v) is 1.55. The van der Waals surface area contributed by atoms with Crippen LogP contribution in [0.1, 0.15) is 30.1 Å². The van der Waals surface area contributed by atoms with Gasteiger partial charge in [-0.15, -0.1) is 0 Å². The Morgan fingerprint density at radius 1 is 1.41 bits per heavy atom. The number of hydrogen-bond acceptors (Lipinski definition) is 3. The first-order valence-corrected chi connectivity index (χ1v) is 5.77. The average Bonchev–Trinajstić information content (AvgIpc) is 2.38. The van der Waals surface area contributed by atoms with Crippen molar-refractivity contribution >= 4 is 5.91 Å². The zero-order chi connectivity index (χ0) is 12.7. The van der Waals surface area contributed by atoms with Crippen LogP contribution in [0.25, 0.3) is 0 Å². The van der Waals surface area contributed by atoms with Crippen molar-refractivity contribution in [3.05, 3.63) is 29.8 Å². The number of hydrogen-bond donors (Lipinski definition) is 2. The summed E-state index contributed by atoms with van der Waals surface area (Å²) in [4.78, 5) is 11.9. The zero-order valence-electron chi connectivity index (χ0n) is 10.3. The lowest BCUT2D eigenvalue weighted by Gasteiger charge is -2.15. The molecular weight excluding hydrogens is 218 g/mol. The molecule has 17 heavy (non-hydrogen) atoms. The molecule has 0 aliphatic rings. The highest BCUT2D eigenvalue weighted by molar-refractivity contribution is 5.94. The molecule has 94 valence electrons. The molecular formula is C13H19NO3. The quantitative estimate of drug-likeness (QED) is 0.790. The maximum absolute atomic E-state index is 11.9. The summed E-state index contributed by atoms with van der Waals surface area (Å²) in [6, 6.07) is 6.97. The van der Waals surface area contributed by atoms with Crippen molar-refractivity contribution in [3.63, 3.8) is 0 Å². The minimum absolute atomic E-state index is 0.0228. The highest BCUT2D eigenvalue weighted by Gasteiger charge is 2.11. The summed E-state index contributed by atoms with van der Waals surface area (Å²) in [6.45, 7) is 2.07. The van der Waals surface area contributed by atoms with E-state index in [9.17, 15) is 4.79 Å². The van der Waals surface area contributed by atoms with Crippen LogP contribution in [0, 0.1) is 0 Å². The largest absolute Gasteiger partial charge is 0.497 e. The minimum Gasteiger partial charge on any atom is -0.497 e. The van der Waals surface area contributed by atoms with E-state index in [-0.39, 0.29) is 18.6 Å². The second-order valence-electron chi connectivity index (χ2n) is 3.82. The van der Waals surface area contributed by atoms with Crippen LogP contribution in [-0.2, 0) is 0 Å². The van der Waals surface area contributed by atoms with Crippen molar-refractivity contribution in [2.24, 2.45) is 0 Å². The Morgan fingerprint density at radius 2 is 2.06 bits per heavy atom. The van der Waals surface area contributed by atoms with Crippen molar-refractivity contribution in [2.45, 2.75) is 25.8 Å². The van der Waals surface area contributed by atoms with Crippen LogP contribution in [-0.4, -0.2) is 30.8 Å². The predicted octanol–water partition coefficient (Wildman–Crippen LogP) is 1.59. The van der Waals surface area contributed by atoms with Crippen molar-refractivity contribution in [3.8, 4) is 5.75 Å². The topological polar surface area (TPSA) is 58.6 Å². The molecule has 0 aliphatic carbocycles. The van der Waals surface area contributed by atoms with E-state index in [1.54, 1.807) is 31.4 Å². The molecule has 4 heteroatoms. The molecule has 2 N–H and O–H groups in total. The predicted molar refractivity (Wildman–Crippen MR) is 66.2 cm³/mol. The Bertz CT molecular complexity index is 348. The van der Waals surface area contributed by atoms with Crippen LogP contribution in [0.5, 0.6) is 5.75 Å². The van der Waals surface area contributed by atoms with Gasteiger partial charge in [0.25, 0.3) is 5.91 Å². The number of benzene rings is 1. The fourth-order valence-electron chi connectivity index (χ4n) is 1.55. The zero-order valence-corrected chi connectivity index (χ0v) is 10.3. The first kappa shape index (κ1) is 13.5. The minimum atomic E-state index is -0.118. The van der Waals surface area contributed by atoms with Gasteiger partial charge in [-0.25, -0.2) is 0 Å². The SMILES string of the molecule is CCC(CCO)NC(=O)c1ccc(OC)cc1. The number of nitrogens with one attached hydrogen (secondary N) is 1. The molecule has 0 radical (unpaired) electrons. The summed E-state index contributed by atoms with van der Waals surface area (Å²) in [5, 5.41) is 11.7. The van der Waals surface area contributed by atoms with Crippen LogP contribution >= 0.6 is 0 Å². The number of carbonyl (C=O) groups is 1. The van der Waals surface area contributed by atoms with Crippen molar-refractivity contribution in [2.75, 3.05) is 13.7 Å². The summed E-state index contributed by atoms with van der Waals surface area (Å²) >= 11 is 0. The molecule has 0 heterocycles. The first-order valence-electron chi connectivity index (χ1n) is 5.77. The number of ether oxygens (including phenoxy) is 1. The number of methoxy groups -OCH3 is 1. The van der Waals surface area contributed by atoms with E-state index in [0.29, 0.717) is 12.0 Å². The summed E-state index contributed by atoms with van der Waals surface area (Å²) in [5.41, 5.74) is 0.599. The van der Waals surface area contributed by atoms with Gasteiger partial charge in [0.15, 0.2) is 0 Å². The third-order valence-corrected chi connectivity index (χ3v) is 2.66. The lowest BCUT2D eigenvalue weighted by Crippen LogP contribution is -2.34. The van der Waals surface area contributed by atoms with Crippen LogP contribution in [0.4, 0.5) is 0 Å². The maximum atomic E-state index is 11.9. The summed E-state index contributed by atoms with van der Waals surface area (Å²) in [5.74, 6) is 0.608. The van der Waals surface area contributed by atoms with Crippen LogP contribution in [0.3, 0.4) is 0 Å². The van der Waals surface area contributed by atoms with E-state index in [2.05, 4.69) is 5.32 Å². The van der Waals surface area contributed by atoms with Crippen LogP contribution < -0.4 is 10.1 Å². The maximum Gasteiger partial charge on any atom is 0.251 e. The highest BCUT2D eigenvalue weighted by atomic mass is 16.5. The Hall–Kier alpha value is -1.55. The molecule has 4 nitrogen and oxygen atoms in total. The molecule has 1 aromatic rings. The number of carbonyl (C=O) groups excluding carboxylic acids is 1. The second kappa shape index (κ2) is 6.91. The van der Waals surface area contributed by atoms with Gasteiger partial charge in [-0.05, 0) is 37.1 Å². The average molecular weight is 237 g/mol.